The molecule has 1 aromatic rings. The van der Waals surface area contributed by atoms with E-state index in [1.54, 1.807) is 19.2 Å². The van der Waals surface area contributed by atoms with E-state index in [0.29, 0.717) is 11.3 Å². The molecule has 0 spiro atoms. The standard InChI is InChI=1S/C13H17NO4/c1-16-12-6-9(13(15)17-2)5-10(7-12)14-8-11-3-4-18-11/h5-7,11,14H,3-4,8H2,1-2H3. The van der Waals surface area contributed by atoms with Crippen molar-refractivity contribution in [2.24, 2.45) is 0 Å². The Morgan fingerprint density at radius 1 is 1.44 bits per heavy atom. The summed E-state index contributed by atoms with van der Waals surface area (Å²) in [6.07, 6.45) is 1.33. The van der Waals surface area contributed by atoms with E-state index >= 15 is 0 Å². The number of ether oxygens (including phenoxy) is 3. The van der Waals surface area contributed by atoms with Gasteiger partial charge in [0.05, 0.1) is 25.9 Å². The predicted molar refractivity (Wildman–Crippen MR) is 67.2 cm³/mol. The van der Waals surface area contributed by atoms with Crippen molar-refractivity contribution in [2.75, 3.05) is 32.7 Å². The van der Waals surface area contributed by atoms with Gasteiger partial charge in [-0.1, -0.05) is 0 Å². The smallest absolute Gasteiger partial charge is 0.338 e. The van der Waals surface area contributed by atoms with E-state index < -0.39 is 0 Å². The van der Waals surface area contributed by atoms with Gasteiger partial charge >= 0.3 is 5.97 Å². The topological polar surface area (TPSA) is 56.8 Å². The minimum atomic E-state index is -0.378. The summed E-state index contributed by atoms with van der Waals surface area (Å²) >= 11 is 0. The first-order valence-corrected chi connectivity index (χ1v) is 5.86. The monoisotopic (exact) mass is 251 g/mol. The summed E-state index contributed by atoms with van der Waals surface area (Å²) in [5, 5.41) is 3.23. The van der Waals surface area contributed by atoms with Crippen molar-refractivity contribution >= 4 is 11.7 Å². The highest BCUT2D eigenvalue weighted by atomic mass is 16.5. The Morgan fingerprint density at radius 3 is 2.78 bits per heavy atom. The molecule has 1 N–H and O–H groups in total. The maximum Gasteiger partial charge on any atom is 0.338 e. The molecular weight excluding hydrogens is 234 g/mol. The summed E-state index contributed by atoms with van der Waals surface area (Å²) in [6.45, 7) is 1.56. The molecule has 0 aromatic heterocycles. The molecule has 1 unspecified atom stereocenters. The molecular formula is C13H17NO4. The Labute approximate surface area is 106 Å². The highest BCUT2D eigenvalue weighted by Gasteiger charge is 2.18. The Kier molecular flexibility index (Phi) is 4.04. The lowest BCUT2D eigenvalue weighted by atomic mass is 10.1. The first kappa shape index (κ1) is 12.7. The first-order chi connectivity index (χ1) is 8.72. The molecule has 0 aliphatic carbocycles. The number of carbonyl (C=O) groups is 1. The SMILES string of the molecule is COC(=O)c1cc(NCC2CCO2)cc(OC)c1. The molecule has 18 heavy (non-hydrogen) atoms. The number of carbonyl (C=O) groups excluding carboxylic acids is 1. The number of rotatable bonds is 5. The van der Waals surface area contributed by atoms with Crippen LogP contribution in [0.25, 0.3) is 0 Å². The fraction of sp³-hybridized carbons (Fsp3) is 0.462. The van der Waals surface area contributed by atoms with Crippen LogP contribution in [0.5, 0.6) is 5.75 Å². The molecule has 1 fully saturated rings. The minimum Gasteiger partial charge on any atom is -0.497 e. The fourth-order valence-electron chi connectivity index (χ4n) is 1.73. The summed E-state index contributed by atoms with van der Waals surface area (Å²) in [6, 6.07) is 5.23. The van der Waals surface area contributed by atoms with E-state index in [-0.39, 0.29) is 12.1 Å². The Hall–Kier alpha value is -1.75. The average Bonchev–Trinajstić information content (AvgIpc) is 2.35. The molecule has 1 aliphatic heterocycles. The molecule has 0 amide bonds. The molecule has 1 aliphatic rings. The average molecular weight is 251 g/mol. The van der Waals surface area contributed by atoms with Crippen LogP contribution in [-0.2, 0) is 9.47 Å². The lowest BCUT2D eigenvalue weighted by Gasteiger charge is -2.27. The molecule has 1 heterocycles. The molecule has 5 nitrogen and oxygen atoms in total. The second-order valence-corrected chi connectivity index (χ2v) is 4.10. The van der Waals surface area contributed by atoms with Crippen LogP contribution < -0.4 is 10.1 Å². The number of esters is 1. The molecule has 98 valence electrons. The molecule has 0 radical (unpaired) electrons. The van der Waals surface area contributed by atoms with Crippen molar-refractivity contribution in [3.05, 3.63) is 23.8 Å². The van der Waals surface area contributed by atoms with Crippen LogP contribution in [-0.4, -0.2) is 39.4 Å². The second-order valence-electron chi connectivity index (χ2n) is 4.10. The van der Waals surface area contributed by atoms with Crippen LogP contribution in [0.15, 0.2) is 18.2 Å². The van der Waals surface area contributed by atoms with Gasteiger partial charge in [-0.05, 0) is 18.6 Å². The summed E-state index contributed by atoms with van der Waals surface area (Å²) in [5.74, 6) is 0.242. The number of hydrogen-bond acceptors (Lipinski definition) is 5. The third kappa shape index (κ3) is 2.92. The van der Waals surface area contributed by atoms with Gasteiger partial charge in [-0.15, -0.1) is 0 Å². The van der Waals surface area contributed by atoms with Crippen molar-refractivity contribution in [1.82, 2.24) is 0 Å². The van der Waals surface area contributed by atoms with Gasteiger partial charge in [0.1, 0.15) is 5.75 Å². The number of anilines is 1. The molecule has 0 bridgehead atoms. The van der Waals surface area contributed by atoms with Crippen molar-refractivity contribution < 1.29 is 19.0 Å². The van der Waals surface area contributed by atoms with Gasteiger partial charge in [0.25, 0.3) is 0 Å². The van der Waals surface area contributed by atoms with Crippen LogP contribution in [0.4, 0.5) is 5.69 Å². The molecule has 1 aromatic carbocycles. The Morgan fingerprint density at radius 2 is 2.22 bits per heavy atom. The lowest BCUT2D eigenvalue weighted by molar-refractivity contribution is -0.0410. The zero-order valence-electron chi connectivity index (χ0n) is 10.6. The van der Waals surface area contributed by atoms with Crippen molar-refractivity contribution in [2.45, 2.75) is 12.5 Å². The quantitative estimate of drug-likeness (QED) is 0.807. The molecule has 1 saturated heterocycles. The number of nitrogens with one attached hydrogen (secondary N) is 1. The largest absolute Gasteiger partial charge is 0.497 e. The van der Waals surface area contributed by atoms with Crippen LogP contribution in [0.2, 0.25) is 0 Å². The van der Waals surface area contributed by atoms with Crippen molar-refractivity contribution in [1.29, 1.82) is 0 Å². The van der Waals surface area contributed by atoms with Crippen LogP contribution in [0.1, 0.15) is 16.8 Å². The van der Waals surface area contributed by atoms with Crippen molar-refractivity contribution in [3.63, 3.8) is 0 Å². The zero-order valence-corrected chi connectivity index (χ0v) is 10.6. The lowest BCUT2D eigenvalue weighted by Crippen LogP contribution is -2.33. The number of methoxy groups -OCH3 is 2. The van der Waals surface area contributed by atoms with E-state index in [2.05, 4.69) is 5.32 Å². The first-order valence-electron chi connectivity index (χ1n) is 5.86. The maximum atomic E-state index is 11.5. The van der Waals surface area contributed by atoms with E-state index in [1.807, 2.05) is 6.07 Å². The maximum absolute atomic E-state index is 11.5. The van der Waals surface area contributed by atoms with E-state index in [4.69, 9.17) is 14.2 Å². The molecule has 1 atom stereocenters. The Bertz CT molecular complexity index is 429. The summed E-state index contributed by atoms with van der Waals surface area (Å²) in [5.41, 5.74) is 1.29. The summed E-state index contributed by atoms with van der Waals surface area (Å²) < 4.78 is 15.2. The zero-order chi connectivity index (χ0) is 13.0. The molecule has 2 rings (SSSR count). The predicted octanol–water partition coefficient (Wildman–Crippen LogP) is 1.68. The minimum absolute atomic E-state index is 0.262. The van der Waals surface area contributed by atoms with Crippen LogP contribution in [0, 0.1) is 0 Å². The highest BCUT2D eigenvalue weighted by molar-refractivity contribution is 5.91. The van der Waals surface area contributed by atoms with E-state index in [1.165, 1.54) is 7.11 Å². The molecule has 5 heteroatoms. The van der Waals surface area contributed by atoms with Gasteiger partial charge in [0.15, 0.2) is 0 Å². The van der Waals surface area contributed by atoms with Crippen LogP contribution in [0.3, 0.4) is 0 Å². The fourth-order valence-corrected chi connectivity index (χ4v) is 1.73. The normalized spacial score (nSPS) is 17.8. The Balaban J connectivity index is 2.09. The van der Waals surface area contributed by atoms with Gasteiger partial charge in [0, 0.05) is 24.9 Å². The number of hydrogen-bond donors (Lipinski definition) is 1. The van der Waals surface area contributed by atoms with Crippen LogP contribution >= 0.6 is 0 Å². The van der Waals surface area contributed by atoms with E-state index in [0.717, 1.165) is 25.3 Å². The van der Waals surface area contributed by atoms with Gasteiger partial charge in [0.2, 0.25) is 0 Å². The van der Waals surface area contributed by atoms with Crippen molar-refractivity contribution in [3.8, 4) is 5.75 Å². The van der Waals surface area contributed by atoms with Gasteiger partial charge in [-0.2, -0.15) is 0 Å². The van der Waals surface area contributed by atoms with Gasteiger partial charge in [-0.25, -0.2) is 4.79 Å². The van der Waals surface area contributed by atoms with Gasteiger partial charge < -0.3 is 19.5 Å². The summed E-state index contributed by atoms with van der Waals surface area (Å²) in [7, 11) is 2.92. The third-order valence-corrected chi connectivity index (χ3v) is 2.89. The van der Waals surface area contributed by atoms with Gasteiger partial charge in [-0.3, -0.25) is 0 Å². The second kappa shape index (κ2) is 5.73. The summed E-state index contributed by atoms with van der Waals surface area (Å²) in [4.78, 5) is 11.5. The highest BCUT2D eigenvalue weighted by Crippen LogP contribution is 2.22. The molecule has 0 saturated carbocycles. The number of benzene rings is 1. The van der Waals surface area contributed by atoms with E-state index in [9.17, 15) is 4.79 Å². The third-order valence-electron chi connectivity index (χ3n) is 2.89.